The molecule has 0 aliphatic rings. The first-order valence-electron chi connectivity index (χ1n) is 4.36. The normalized spacial score (nSPS) is 11.9. The fourth-order valence-electron chi connectivity index (χ4n) is 0.977. The monoisotopic (exact) mass is 243 g/mol. The maximum Gasteiger partial charge on any atom is 0.288 e. The smallest absolute Gasteiger partial charge is 0.288 e. The van der Waals surface area contributed by atoms with Gasteiger partial charge in [0, 0.05) is 12.1 Å². The van der Waals surface area contributed by atoms with Gasteiger partial charge >= 0.3 is 0 Å². The van der Waals surface area contributed by atoms with Gasteiger partial charge in [-0.15, -0.1) is 0 Å². The first kappa shape index (κ1) is 12.3. The Bertz CT molecular complexity index is 436. The van der Waals surface area contributed by atoms with Crippen LogP contribution in [0.3, 0.4) is 0 Å². The predicted molar refractivity (Wildman–Crippen MR) is 60.1 cm³/mol. The number of hydrogen-bond donors (Lipinski definition) is 2. The van der Waals surface area contributed by atoms with Gasteiger partial charge in [0.25, 0.3) is 5.69 Å². The minimum atomic E-state index is -0.600. The first-order valence-corrected chi connectivity index (χ1v) is 4.74. The van der Waals surface area contributed by atoms with E-state index in [9.17, 15) is 10.1 Å². The van der Waals surface area contributed by atoms with Gasteiger partial charge in [0.05, 0.1) is 4.92 Å². The van der Waals surface area contributed by atoms with Gasteiger partial charge in [0.15, 0.2) is 6.10 Å². The van der Waals surface area contributed by atoms with Crippen LogP contribution in [-0.4, -0.2) is 16.9 Å². The van der Waals surface area contributed by atoms with Crippen LogP contribution in [0.1, 0.15) is 6.92 Å². The Morgan fingerprint density at radius 2 is 2.31 bits per heavy atom. The van der Waals surface area contributed by atoms with E-state index in [1.165, 1.54) is 18.2 Å². The van der Waals surface area contributed by atoms with Crippen molar-refractivity contribution >= 4 is 23.1 Å². The van der Waals surface area contributed by atoms with E-state index >= 15 is 0 Å². The van der Waals surface area contributed by atoms with Gasteiger partial charge < -0.3 is 10.5 Å². The minimum absolute atomic E-state index is 0.0155. The van der Waals surface area contributed by atoms with Crippen molar-refractivity contribution in [1.82, 2.24) is 0 Å². The average molecular weight is 244 g/mol. The molecule has 0 saturated carbocycles. The second-order valence-corrected chi connectivity index (χ2v) is 3.49. The van der Waals surface area contributed by atoms with E-state index < -0.39 is 11.0 Å². The summed E-state index contributed by atoms with van der Waals surface area (Å²) in [5.41, 5.74) is 5.03. The van der Waals surface area contributed by atoms with E-state index in [0.29, 0.717) is 5.75 Å². The molecule has 1 unspecified atom stereocenters. The zero-order valence-corrected chi connectivity index (χ0v) is 9.19. The summed E-state index contributed by atoms with van der Waals surface area (Å²) in [6, 6.07) is 3.97. The SMILES string of the molecule is CC(Oc1ccc([N+](=O)[O-])c(Cl)c1)C(=N)N. The number of amidine groups is 1. The number of halogens is 1. The topological polar surface area (TPSA) is 102 Å². The van der Waals surface area contributed by atoms with Crippen LogP contribution in [0.4, 0.5) is 5.69 Å². The van der Waals surface area contributed by atoms with Crippen molar-refractivity contribution in [3.63, 3.8) is 0 Å². The van der Waals surface area contributed by atoms with Crippen molar-refractivity contribution in [3.8, 4) is 5.75 Å². The lowest BCUT2D eigenvalue weighted by molar-refractivity contribution is -0.384. The Kier molecular flexibility index (Phi) is 3.68. The Balaban J connectivity index is 2.89. The van der Waals surface area contributed by atoms with Crippen molar-refractivity contribution < 1.29 is 9.66 Å². The largest absolute Gasteiger partial charge is 0.483 e. The molecule has 1 rings (SSSR count). The van der Waals surface area contributed by atoms with E-state index in [-0.39, 0.29) is 16.5 Å². The van der Waals surface area contributed by atoms with Crippen molar-refractivity contribution in [2.45, 2.75) is 13.0 Å². The molecule has 6 nitrogen and oxygen atoms in total. The number of benzene rings is 1. The lowest BCUT2D eigenvalue weighted by Gasteiger charge is -2.12. The van der Waals surface area contributed by atoms with Gasteiger partial charge in [-0.1, -0.05) is 11.6 Å². The van der Waals surface area contributed by atoms with Crippen LogP contribution in [0, 0.1) is 15.5 Å². The molecule has 1 aromatic rings. The molecule has 16 heavy (non-hydrogen) atoms. The summed E-state index contributed by atoms with van der Waals surface area (Å²) in [5.74, 6) is 0.202. The number of nitro groups is 1. The molecular weight excluding hydrogens is 234 g/mol. The molecule has 1 aromatic carbocycles. The van der Waals surface area contributed by atoms with Crippen LogP contribution in [0.25, 0.3) is 0 Å². The molecule has 1 atom stereocenters. The predicted octanol–water partition coefficient (Wildman–Crippen LogP) is 1.95. The van der Waals surface area contributed by atoms with Gasteiger partial charge in [-0.2, -0.15) is 0 Å². The van der Waals surface area contributed by atoms with Crippen LogP contribution < -0.4 is 10.5 Å². The summed E-state index contributed by atoms with van der Waals surface area (Å²) in [6.07, 6.45) is -0.600. The highest BCUT2D eigenvalue weighted by Gasteiger charge is 2.14. The van der Waals surface area contributed by atoms with Crippen molar-refractivity contribution in [2.75, 3.05) is 0 Å². The molecule has 0 saturated heterocycles. The lowest BCUT2D eigenvalue weighted by Crippen LogP contribution is -2.29. The van der Waals surface area contributed by atoms with Crippen molar-refractivity contribution in [2.24, 2.45) is 5.73 Å². The minimum Gasteiger partial charge on any atom is -0.483 e. The molecule has 7 heteroatoms. The molecule has 0 aliphatic heterocycles. The number of hydrogen-bond acceptors (Lipinski definition) is 4. The molecule has 0 amide bonds. The molecule has 0 radical (unpaired) electrons. The van der Waals surface area contributed by atoms with Crippen LogP contribution >= 0.6 is 11.6 Å². The number of nitrogens with two attached hydrogens (primary N) is 1. The molecule has 0 fully saturated rings. The van der Waals surface area contributed by atoms with E-state index in [1.807, 2.05) is 0 Å². The Morgan fingerprint density at radius 3 is 2.75 bits per heavy atom. The van der Waals surface area contributed by atoms with Crippen molar-refractivity contribution in [1.29, 1.82) is 5.41 Å². The maximum absolute atomic E-state index is 10.5. The molecule has 0 aromatic heterocycles. The molecule has 0 heterocycles. The molecule has 0 bridgehead atoms. The van der Waals surface area contributed by atoms with E-state index in [1.54, 1.807) is 6.92 Å². The summed E-state index contributed by atoms with van der Waals surface area (Å²) >= 11 is 5.68. The van der Waals surface area contributed by atoms with Gasteiger partial charge in [0.1, 0.15) is 16.6 Å². The molecule has 86 valence electrons. The van der Waals surface area contributed by atoms with Crippen LogP contribution in [0.2, 0.25) is 5.02 Å². The third-order valence-electron chi connectivity index (χ3n) is 1.87. The second kappa shape index (κ2) is 4.80. The Labute approximate surface area is 96.6 Å². The number of nitro benzene ring substituents is 1. The van der Waals surface area contributed by atoms with E-state index in [2.05, 4.69) is 0 Å². The van der Waals surface area contributed by atoms with E-state index in [0.717, 1.165) is 0 Å². The number of rotatable bonds is 4. The van der Waals surface area contributed by atoms with Gasteiger partial charge in [0.2, 0.25) is 0 Å². The molecule has 3 N–H and O–H groups in total. The summed E-state index contributed by atoms with van der Waals surface area (Å²) in [4.78, 5) is 9.91. The van der Waals surface area contributed by atoms with Crippen molar-refractivity contribution in [3.05, 3.63) is 33.3 Å². The number of ether oxygens (including phenoxy) is 1. The Hall–Kier alpha value is -1.82. The van der Waals surface area contributed by atoms with Crippen LogP contribution in [-0.2, 0) is 0 Å². The zero-order chi connectivity index (χ0) is 12.3. The van der Waals surface area contributed by atoms with Gasteiger partial charge in [-0.05, 0) is 13.0 Å². The number of nitrogens with one attached hydrogen (secondary N) is 1. The fraction of sp³-hybridized carbons (Fsp3) is 0.222. The highest BCUT2D eigenvalue weighted by Crippen LogP contribution is 2.28. The standard InChI is InChI=1S/C9H10ClN3O3/c1-5(9(11)12)16-6-2-3-8(13(14)15)7(10)4-6/h2-5H,1H3,(H3,11,12). The maximum atomic E-state index is 10.5. The van der Waals surface area contributed by atoms with E-state index in [4.69, 9.17) is 27.5 Å². The summed E-state index contributed by atoms with van der Waals surface area (Å²) in [5, 5.41) is 17.6. The first-order chi connectivity index (χ1) is 7.41. The highest BCUT2D eigenvalue weighted by molar-refractivity contribution is 6.32. The lowest BCUT2D eigenvalue weighted by atomic mass is 10.3. The summed E-state index contributed by atoms with van der Waals surface area (Å²) < 4.78 is 5.23. The number of nitrogens with zero attached hydrogens (tertiary/aromatic N) is 1. The highest BCUT2D eigenvalue weighted by atomic mass is 35.5. The zero-order valence-electron chi connectivity index (χ0n) is 8.44. The van der Waals surface area contributed by atoms with Crippen LogP contribution in [0.5, 0.6) is 5.75 Å². The van der Waals surface area contributed by atoms with Gasteiger partial charge in [-0.25, -0.2) is 0 Å². The van der Waals surface area contributed by atoms with Gasteiger partial charge in [-0.3, -0.25) is 15.5 Å². The molecule has 0 aliphatic carbocycles. The quantitative estimate of drug-likeness (QED) is 0.365. The molecule has 0 spiro atoms. The third kappa shape index (κ3) is 2.83. The fourth-order valence-corrected chi connectivity index (χ4v) is 1.22. The Morgan fingerprint density at radius 1 is 1.69 bits per heavy atom. The third-order valence-corrected chi connectivity index (χ3v) is 2.17. The second-order valence-electron chi connectivity index (χ2n) is 3.09. The molecular formula is C9H10ClN3O3. The summed E-state index contributed by atoms with van der Waals surface area (Å²) in [7, 11) is 0. The van der Waals surface area contributed by atoms with Crippen LogP contribution in [0.15, 0.2) is 18.2 Å². The summed E-state index contributed by atoms with van der Waals surface area (Å²) in [6.45, 7) is 1.59. The average Bonchev–Trinajstić information content (AvgIpc) is 2.16.